The Kier molecular flexibility index (Phi) is 6.66. The lowest BCUT2D eigenvalue weighted by molar-refractivity contribution is -0.145. The lowest BCUT2D eigenvalue weighted by atomic mass is 9.98. The highest BCUT2D eigenvalue weighted by Crippen LogP contribution is 2.44. The Hall–Kier alpha value is -3.77. The number of alkyl carbamates (subject to hydrolysis) is 1. The van der Waals surface area contributed by atoms with Crippen LogP contribution >= 0.6 is 11.6 Å². The highest BCUT2D eigenvalue weighted by Gasteiger charge is 2.30. The largest absolute Gasteiger partial charge is 0.506 e. The van der Waals surface area contributed by atoms with Crippen LogP contribution < -0.4 is 5.32 Å². The average Bonchev–Trinajstić information content (AvgIpc) is 3.15. The normalized spacial score (nSPS) is 12.9. The number of phenolic OH excluding ortho intramolecular Hbond substituents is 1. The summed E-state index contributed by atoms with van der Waals surface area (Å²) in [4.78, 5) is 25.3. The van der Waals surface area contributed by atoms with Crippen LogP contribution in [0.15, 0.2) is 79.4 Å². The number of aromatic hydroxyl groups is 1. The van der Waals surface area contributed by atoms with Gasteiger partial charge in [0, 0.05) is 5.92 Å². The van der Waals surface area contributed by atoms with Gasteiger partial charge >= 0.3 is 12.1 Å². The van der Waals surface area contributed by atoms with Crippen LogP contribution in [0.4, 0.5) is 4.79 Å². The van der Waals surface area contributed by atoms with Crippen LogP contribution in [0.1, 0.15) is 28.7 Å². The molecule has 1 atom stereocenters. The highest BCUT2D eigenvalue weighted by atomic mass is 35.5. The Bertz CT molecular complexity index is 1160. The molecule has 1 aliphatic carbocycles. The first-order chi connectivity index (χ1) is 16.0. The summed E-state index contributed by atoms with van der Waals surface area (Å²) in [6.45, 7) is 3.60. The zero-order chi connectivity index (χ0) is 23.4. The van der Waals surface area contributed by atoms with E-state index in [2.05, 4.69) is 24.0 Å². The molecule has 2 N–H and O–H groups in total. The van der Waals surface area contributed by atoms with Gasteiger partial charge in [-0.05, 0) is 39.9 Å². The summed E-state index contributed by atoms with van der Waals surface area (Å²) in [5, 5.41) is 12.3. The Morgan fingerprint density at radius 3 is 2.27 bits per heavy atom. The minimum atomic E-state index is -1.17. The first kappa shape index (κ1) is 22.4. The van der Waals surface area contributed by atoms with Gasteiger partial charge in [0.2, 0.25) is 0 Å². The van der Waals surface area contributed by atoms with Crippen LogP contribution in [0.5, 0.6) is 5.75 Å². The second-order valence-corrected chi connectivity index (χ2v) is 7.94. The van der Waals surface area contributed by atoms with E-state index in [1.807, 2.05) is 36.4 Å². The summed E-state index contributed by atoms with van der Waals surface area (Å²) in [5.74, 6) is -0.956. The Labute approximate surface area is 196 Å². The molecular formula is C26H22ClNO5. The van der Waals surface area contributed by atoms with Crippen molar-refractivity contribution in [3.8, 4) is 16.9 Å². The summed E-state index contributed by atoms with van der Waals surface area (Å²) < 4.78 is 10.7. The summed E-state index contributed by atoms with van der Waals surface area (Å²) >= 11 is 5.98. The van der Waals surface area contributed by atoms with Gasteiger partial charge in [0.15, 0.2) is 6.04 Å². The second kappa shape index (κ2) is 9.79. The molecule has 7 heteroatoms. The number of esters is 1. The van der Waals surface area contributed by atoms with Crippen molar-refractivity contribution in [2.24, 2.45) is 0 Å². The Morgan fingerprint density at radius 2 is 1.67 bits per heavy atom. The zero-order valence-electron chi connectivity index (χ0n) is 17.7. The molecule has 0 spiro atoms. The third-order valence-electron chi connectivity index (χ3n) is 5.49. The van der Waals surface area contributed by atoms with E-state index in [1.54, 1.807) is 0 Å². The molecule has 0 unspecified atom stereocenters. The van der Waals surface area contributed by atoms with Crippen LogP contribution in [0.2, 0.25) is 5.02 Å². The third-order valence-corrected chi connectivity index (χ3v) is 5.79. The molecule has 3 aromatic rings. The molecule has 3 aromatic carbocycles. The van der Waals surface area contributed by atoms with Gasteiger partial charge in [0.1, 0.15) is 19.0 Å². The Morgan fingerprint density at radius 1 is 1.03 bits per heavy atom. The van der Waals surface area contributed by atoms with Gasteiger partial charge in [-0.25, -0.2) is 9.59 Å². The predicted molar refractivity (Wildman–Crippen MR) is 125 cm³/mol. The molecule has 0 radical (unpaired) electrons. The first-order valence-corrected chi connectivity index (χ1v) is 10.7. The molecular weight excluding hydrogens is 442 g/mol. The number of hydrogen-bond acceptors (Lipinski definition) is 5. The number of fused-ring (bicyclic) bond motifs is 3. The first-order valence-electron chi connectivity index (χ1n) is 10.4. The number of benzene rings is 3. The number of carbonyl (C=O) groups excluding carboxylic acids is 2. The average molecular weight is 464 g/mol. The topological polar surface area (TPSA) is 84.9 Å². The number of amides is 1. The SMILES string of the molecule is C=CCOC(=O)[C@@H](NC(=O)OCC1c2ccccc2-c2ccccc21)c1ccc(O)c(Cl)c1. The van der Waals surface area contributed by atoms with Crippen LogP contribution in [-0.2, 0) is 14.3 Å². The van der Waals surface area contributed by atoms with Crippen molar-refractivity contribution < 1.29 is 24.2 Å². The maximum atomic E-state index is 12.7. The standard InChI is InChI=1S/C26H22ClNO5/c1-2-13-32-25(30)24(16-11-12-23(29)22(27)14-16)28-26(31)33-15-21-19-9-5-3-7-17(19)18-8-4-6-10-20(18)21/h2-12,14,21,24,29H,1,13,15H2,(H,28,31)/t24-/m0/s1. The zero-order valence-corrected chi connectivity index (χ0v) is 18.4. The molecule has 0 bridgehead atoms. The number of nitrogens with one attached hydrogen (secondary N) is 1. The summed E-state index contributed by atoms with van der Waals surface area (Å²) in [7, 11) is 0. The number of hydrogen-bond donors (Lipinski definition) is 2. The fourth-order valence-corrected chi connectivity index (χ4v) is 4.15. The Balaban J connectivity index is 1.50. The molecule has 0 fully saturated rings. The fourth-order valence-electron chi connectivity index (χ4n) is 3.96. The van der Waals surface area contributed by atoms with E-state index in [0.29, 0.717) is 5.56 Å². The molecule has 0 aromatic heterocycles. The quantitative estimate of drug-likeness (QED) is 0.364. The van der Waals surface area contributed by atoms with Crippen LogP contribution in [0.25, 0.3) is 11.1 Å². The molecule has 1 aliphatic rings. The van der Waals surface area contributed by atoms with E-state index >= 15 is 0 Å². The number of carbonyl (C=O) groups is 2. The monoisotopic (exact) mass is 463 g/mol. The second-order valence-electron chi connectivity index (χ2n) is 7.53. The van der Waals surface area contributed by atoms with Gasteiger partial charge in [0.25, 0.3) is 0 Å². The molecule has 0 heterocycles. The summed E-state index contributed by atoms with van der Waals surface area (Å²) in [5.41, 5.74) is 4.75. The number of rotatable bonds is 7. The van der Waals surface area contributed by atoms with Gasteiger partial charge in [0.05, 0.1) is 5.02 Å². The van der Waals surface area contributed by atoms with E-state index in [0.717, 1.165) is 22.3 Å². The van der Waals surface area contributed by atoms with Crippen LogP contribution in [-0.4, -0.2) is 30.4 Å². The van der Waals surface area contributed by atoms with E-state index in [1.165, 1.54) is 24.3 Å². The van der Waals surface area contributed by atoms with Gasteiger partial charge in [-0.3, -0.25) is 0 Å². The predicted octanol–water partition coefficient (Wildman–Crippen LogP) is 5.35. The molecule has 33 heavy (non-hydrogen) atoms. The lowest BCUT2D eigenvalue weighted by Crippen LogP contribution is -2.36. The minimum absolute atomic E-state index is 0.0203. The van der Waals surface area contributed by atoms with Crippen molar-refractivity contribution in [3.05, 3.63) is 101 Å². The molecule has 6 nitrogen and oxygen atoms in total. The van der Waals surface area contributed by atoms with Crippen molar-refractivity contribution in [3.63, 3.8) is 0 Å². The number of halogens is 1. The van der Waals surface area contributed by atoms with Gasteiger partial charge in [-0.1, -0.05) is 78.9 Å². The number of ether oxygens (including phenoxy) is 2. The molecule has 0 saturated heterocycles. The molecule has 4 rings (SSSR count). The third kappa shape index (κ3) is 4.71. The molecule has 168 valence electrons. The van der Waals surface area contributed by atoms with E-state index in [-0.39, 0.29) is 29.9 Å². The van der Waals surface area contributed by atoms with Crippen molar-refractivity contribution in [1.82, 2.24) is 5.32 Å². The summed E-state index contributed by atoms with van der Waals surface area (Å²) in [6.07, 6.45) is 0.646. The fraction of sp³-hybridized carbons (Fsp3) is 0.154. The minimum Gasteiger partial charge on any atom is -0.506 e. The maximum Gasteiger partial charge on any atom is 0.408 e. The molecule has 0 aliphatic heterocycles. The van der Waals surface area contributed by atoms with Crippen molar-refractivity contribution in [2.75, 3.05) is 13.2 Å². The lowest BCUT2D eigenvalue weighted by Gasteiger charge is -2.19. The van der Waals surface area contributed by atoms with Gasteiger partial charge in [-0.2, -0.15) is 0 Å². The van der Waals surface area contributed by atoms with Gasteiger partial charge in [-0.15, -0.1) is 0 Å². The maximum absolute atomic E-state index is 12.7. The molecule has 1 amide bonds. The highest BCUT2D eigenvalue weighted by molar-refractivity contribution is 6.32. The summed E-state index contributed by atoms with van der Waals surface area (Å²) in [6, 6.07) is 19.1. The van der Waals surface area contributed by atoms with Crippen LogP contribution in [0, 0.1) is 0 Å². The van der Waals surface area contributed by atoms with E-state index in [4.69, 9.17) is 21.1 Å². The van der Waals surface area contributed by atoms with Gasteiger partial charge < -0.3 is 19.9 Å². The smallest absolute Gasteiger partial charge is 0.408 e. The van der Waals surface area contributed by atoms with Crippen molar-refractivity contribution in [2.45, 2.75) is 12.0 Å². The number of phenols is 1. The van der Waals surface area contributed by atoms with Crippen molar-refractivity contribution >= 4 is 23.7 Å². The van der Waals surface area contributed by atoms with E-state index < -0.39 is 18.1 Å². The molecule has 0 saturated carbocycles. The van der Waals surface area contributed by atoms with Crippen molar-refractivity contribution in [1.29, 1.82) is 0 Å². The van der Waals surface area contributed by atoms with Crippen LogP contribution in [0.3, 0.4) is 0 Å². The van der Waals surface area contributed by atoms with E-state index in [9.17, 15) is 14.7 Å².